The molecule has 23 heavy (non-hydrogen) atoms. The summed E-state index contributed by atoms with van der Waals surface area (Å²) in [5.74, 6) is 0.387. The van der Waals surface area contributed by atoms with E-state index in [-0.39, 0.29) is 36.4 Å². The van der Waals surface area contributed by atoms with Gasteiger partial charge in [-0.1, -0.05) is 19.4 Å². The van der Waals surface area contributed by atoms with Gasteiger partial charge in [-0.05, 0) is 42.4 Å². The summed E-state index contributed by atoms with van der Waals surface area (Å²) in [5.41, 5.74) is 1.67. The molecule has 0 saturated heterocycles. The molecule has 6 heteroatoms. The highest BCUT2D eigenvalue weighted by molar-refractivity contribution is 14.0. The van der Waals surface area contributed by atoms with Gasteiger partial charge in [0.1, 0.15) is 5.82 Å². The molecule has 1 aromatic carbocycles. The van der Waals surface area contributed by atoms with Crippen molar-refractivity contribution in [3.63, 3.8) is 0 Å². The molecular weight excluding hydrogens is 408 g/mol. The van der Waals surface area contributed by atoms with Crippen molar-refractivity contribution in [2.24, 2.45) is 10.4 Å². The molecule has 0 spiro atoms. The van der Waals surface area contributed by atoms with Gasteiger partial charge in [0.05, 0.1) is 6.61 Å². The van der Waals surface area contributed by atoms with Crippen molar-refractivity contribution in [3.05, 3.63) is 35.1 Å². The summed E-state index contributed by atoms with van der Waals surface area (Å²) in [7, 11) is 1.75. The topological polar surface area (TPSA) is 56.7 Å². The van der Waals surface area contributed by atoms with Crippen LogP contribution in [0.1, 0.15) is 43.7 Å². The molecule has 0 aliphatic heterocycles. The van der Waals surface area contributed by atoms with Crippen LogP contribution in [-0.2, 0) is 13.2 Å². The van der Waals surface area contributed by atoms with E-state index in [1.54, 1.807) is 19.2 Å². The number of aliphatic hydroxyl groups excluding tert-OH is 1. The fraction of sp³-hybridized carbons (Fsp3) is 0.588. The maximum Gasteiger partial charge on any atom is 0.191 e. The Morgan fingerprint density at radius 3 is 2.61 bits per heavy atom. The first kappa shape index (κ1) is 20.2. The van der Waals surface area contributed by atoms with E-state index < -0.39 is 0 Å². The second-order valence-corrected chi connectivity index (χ2v) is 6.07. The molecule has 130 valence electrons. The molecule has 1 fully saturated rings. The van der Waals surface area contributed by atoms with E-state index in [4.69, 9.17) is 5.11 Å². The van der Waals surface area contributed by atoms with Gasteiger partial charge in [-0.15, -0.1) is 24.0 Å². The van der Waals surface area contributed by atoms with E-state index in [0.717, 1.165) is 18.1 Å². The first-order valence-corrected chi connectivity index (χ1v) is 7.95. The first-order chi connectivity index (χ1) is 10.6. The molecule has 0 amide bonds. The molecule has 2 rings (SSSR count). The summed E-state index contributed by atoms with van der Waals surface area (Å²) in [4.78, 5) is 4.23. The second-order valence-electron chi connectivity index (χ2n) is 6.07. The molecule has 0 heterocycles. The number of nitrogens with one attached hydrogen (secondary N) is 2. The number of guanidine groups is 1. The van der Waals surface area contributed by atoms with E-state index in [2.05, 4.69) is 22.5 Å². The lowest BCUT2D eigenvalue weighted by Crippen LogP contribution is -2.46. The highest BCUT2D eigenvalue weighted by Gasteiger charge is 2.34. The minimum absolute atomic E-state index is 0. The third-order valence-corrected chi connectivity index (χ3v) is 4.76. The van der Waals surface area contributed by atoms with Crippen molar-refractivity contribution in [3.8, 4) is 0 Å². The summed E-state index contributed by atoms with van der Waals surface area (Å²) >= 11 is 0. The van der Waals surface area contributed by atoms with Crippen LogP contribution in [0.5, 0.6) is 0 Å². The lowest BCUT2D eigenvalue weighted by Gasteiger charge is -2.41. The highest BCUT2D eigenvalue weighted by Crippen LogP contribution is 2.42. The SMILES string of the molecule is CCC1(CNC(=NC)NCc2ccc(F)c(CO)c2)CCC1.I. The Balaban J connectivity index is 0.00000264. The van der Waals surface area contributed by atoms with Crippen LogP contribution >= 0.6 is 24.0 Å². The van der Waals surface area contributed by atoms with E-state index in [0.29, 0.717) is 17.5 Å². The standard InChI is InChI=1S/C17H26FN3O.HI/c1-3-17(7-4-8-17)12-21-16(19-2)20-10-13-5-6-15(18)14(9-13)11-22;/h5-6,9,22H,3-4,7-8,10-12H2,1-2H3,(H2,19,20,21);1H. The fourth-order valence-electron chi connectivity index (χ4n) is 2.87. The number of aliphatic imine (C=N–C) groups is 1. The van der Waals surface area contributed by atoms with Crippen LogP contribution in [0.15, 0.2) is 23.2 Å². The van der Waals surface area contributed by atoms with Crippen molar-refractivity contribution in [2.75, 3.05) is 13.6 Å². The molecule has 0 atom stereocenters. The van der Waals surface area contributed by atoms with Gasteiger partial charge in [0, 0.05) is 25.7 Å². The van der Waals surface area contributed by atoms with Crippen molar-refractivity contribution in [1.29, 1.82) is 0 Å². The summed E-state index contributed by atoms with van der Waals surface area (Å²) in [6.45, 7) is 3.44. The van der Waals surface area contributed by atoms with E-state index in [9.17, 15) is 4.39 Å². The van der Waals surface area contributed by atoms with Crippen LogP contribution in [0, 0.1) is 11.2 Å². The zero-order valence-corrected chi connectivity index (χ0v) is 16.2. The molecule has 1 aliphatic rings. The number of hydrogen-bond donors (Lipinski definition) is 3. The number of nitrogens with zero attached hydrogens (tertiary/aromatic N) is 1. The predicted molar refractivity (Wildman–Crippen MR) is 103 cm³/mol. The maximum atomic E-state index is 13.4. The highest BCUT2D eigenvalue weighted by atomic mass is 127. The van der Waals surface area contributed by atoms with Crippen molar-refractivity contribution < 1.29 is 9.50 Å². The minimum Gasteiger partial charge on any atom is -0.392 e. The molecule has 1 aliphatic carbocycles. The summed E-state index contributed by atoms with van der Waals surface area (Å²) in [5, 5.41) is 15.7. The van der Waals surface area contributed by atoms with Crippen LogP contribution in [-0.4, -0.2) is 24.7 Å². The van der Waals surface area contributed by atoms with Gasteiger partial charge in [0.15, 0.2) is 5.96 Å². The normalized spacial score (nSPS) is 16.3. The van der Waals surface area contributed by atoms with Crippen LogP contribution in [0.25, 0.3) is 0 Å². The van der Waals surface area contributed by atoms with Gasteiger partial charge >= 0.3 is 0 Å². The largest absolute Gasteiger partial charge is 0.392 e. The van der Waals surface area contributed by atoms with Crippen LogP contribution in [0.2, 0.25) is 0 Å². The molecule has 1 saturated carbocycles. The van der Waals surface area contributed by atoms with Crippen LogP contribution in [0.3, 0.4) is 0 Å². The Morgan fingerprint density at radius 1 is 1.35 bits per heavy atom. The molecule has 1 aromatic rings. The van der Waals surface area contributed by atoms with E-state index in [1.807, 2.05) is 0 Å². The lowest BCUT2D eigenvalue weighted by molar-refractivity contribution is 0.131. The van der Waals surface area contributed by atoms with Gasteiger partial charge < -0.3 is 15.7 Å². The molecule has 0 unspecified atom stereocenters. The smallest absolute Gasteiger partial charge is 0.191 e. The van der Waals surface area contributed by atoms with Crippen LogP contribution < -0.4 is 10.6 Å². The number of aliphatic hydroxyl groups is 1. The Labute approximate surface area is 155 Å². The summed E-state index contributed by atoms with van der Waals surface area (Å²) in [6, 6.07) is 4.78. The van der Waals surface area contributed by atoms with Gasteiger partial charge in [-0.25, -0.2) is 4.39 Å². The Hall–Kier alpha value is -0.890. The molecule has 3 N–H and O–H groups in total. The van der Waals surface area contributed by atoms with Gasteiger partial charge in [0.2, 0.25) is 0 Å². The average molecular weight is 435 g/mol. The predicted octanol–water partition coefficient (Wildman–Crippen LogP) is 3.18. The summed E-state index contributed by atoms with van der Waals surface area (Å²) in [6.07, 6.45) is 5.08. The van der Waals surface area contributed by atoms with E-state index >= 15 is 0 Å². The molecule has 0 radical (unpaired) electrons. The van der Waals surface area contributed by atoms with Gasteiger partial charge in [-0.2, -0.15) is 0 Å². The Morgan fingerprint density at radius 2 is 2.09 bits per heavy atom. The third kappa shape index (κ3) is 5.31. The average Bonchev–Trinajstić information content (AvgIpc) is 2.50. The van der Waals surface area contributed by atoms with Gasteiger partial charge in [0.25, 0.3) is 0 Å². The third-order valence-electron chi connectivity index (χ3n) is 4.76. The molecular formula is C17H27FIN3O. The Bertz CT molecular complexity index is 527. The van der Waals surface area contributed by atoms with Crippen molar-refractivity contribution in [1.82, 2.24) is 10.6 Å². The zero-order valence-electron chi connectivity index (χ0n) is 13.9. The van der Waals surface area contributed by atoms with Crippen molar-refractivity contribution >= 4 is 29.9 Å². The molecule has 0 bridgehead atoms. The molecule has 0 aromatic heterocycles. The van der Waals surface area contributed by atoms with E-state index in [1.165, 1.54) is 31.7 Å². The number of halogens is 2. The maximum absolute atomic E-state index is 13.4. The number of rotatable bonds is 6. The zero-order chi connectivity index (χ0) is 16.0. The molecule has 4 nitrogen and oxygen atoms in total. The lowest BCUT2D eigenvalue weighted by atomic mass is 9.67. The first-order valence-electron chi connectivity index (χ1n) is 7.95. The van der Waals surface area contributed by atoms with Gasteiger partial charge in [-0.3, -0.25) is 4.99 Å². The quantitative estimate of drug-likeness (QED) is 0.366. The number of benzene rings is 1. The summed E-state index contributed by atoms with van der Waals surface area (Å²) < 4.78 is 13.4. The second kappa shape index (κ2) is 9.42. The monoisotopic (exact) mass is 435 g/mol. The fourth-order valence-corrected chi connectivity index (χ4v) is 2.87. The Kier molecular flexibility index (Phi) is 8.25. The number of hydrogen-bond acceptors (Lipinski definition) is 2. The minimum atomic E-state index is -0.372. The van der Waals surface area contributed by atoms with Crippen molar-refractivity contribution in [2.45, 2.75) is 45.8 Å². The van der Waals surface area contributed by atoms with Crippen LogP contribution in [0.4, 0.5) is 4.39 Å².